The van der Waals surface area contributed by atoms with E-state index in [0.29, 0.717) is 17.4 Å². The van der Waals surface area contributed by atoms with Crippen LogP contribution < -0.4 is 5.73 Å². The predicted octanol–water partition coefficient (Wildman–Crippen LogP) is 0.883. The van der Waals surface area contributed by atoms with Crippen LogP contribution in [0.3, 0.4) is 0 Å². The minimum atomic E-state index is -1.16. The third kappa shape index (κ3) is 2.45. The molecule has 0 saturated carbocycles. The molecule has 0 aromatic heterocycles. The molecule has 14 heavy (non-hydrogen) atoms. The molecule has 1 aromatic carbocycles. The zero-order valence-corrected chi connectivity index (χ0v) is 7.31. The summed E-state index contributed by atoms with van der Waals surface area (Å²) < 4.78 is 0. The van der Waals surface area contributed by atoms with Crippen LogP contribution in [-0.2, 0) is 4.79 Å². The number of nitrogens with two attached hydrogens (primary N) is 1. The first-order chi connectivity index (χ1) is 6.63. The van der Waals surface area contributed by atoms with Gasteiger partial charge in [0, 0.05) is 5.56 Å². The summed E-state index contributed by atoms with van der Waals surface area (Å²) in [5.41, 5.74) is 6.17. The molecule has 0 radical (unpaired) electrons. The van der Waals surface area contributed by atoms with E-state index < -0.39 is 5.97 Å². The molecule has 3 N–H and O–H groups in total. The highest BCUT2D eigenvalue weighted by Gasteiger charge is 2.00. The number of aldehydes is 1. The van der Waals surface area contributed by atoms with E-state index in [1.807, 2.05) is 0 Å². The summed E-state index contributed by atoms with van der Waals surface area (Å²) in [6.45, 7) is 0. The smallest absolute Gasteiger partial charge is 0.351 e. The molecule has 0 aliphatic heterocycles. The molecule has 0 unspecified atom stereocenters. The molecule has 1 aromatic rings. The van der Waals surface area contributed by atoms with Gasteiger partial charge in [-0.3, -0.25) is 4.79 Å². The molecule has 4 nitrogen and oxygen atoms in total. The predicted molar refractivity (Wildman–Crippen MR) is 51.6 cm³/mol. The van der Waals surface area contributed by atoms with E-state index in [2.05, 4.69) is 0 Å². The molecular weight excluding hydrogens is 182 g/mol. The molecule has 0 aliphatic rings. The Morgan fingerprint density at radius 3 is 2.14 bits per heavy atom. The maximum absolute atomic E-state index is 10.4. The van der Waals surface area contributed by atoms with Crippen LogP contribution in [0.4, 0.5) is 0 Å². The second-order valence-electron chi connectivity index (χ2n) is 2.69. The zero-order chi connectivity index (χ0) is 10.6. The van der Waals surface area contributed by atoms with Gasteiger partial charge in [-0.2, -0.15) is 0 Å². The fourth-order valence-electron chi connectivity index (χ4n) is 0.912. The van der Waals surface area contributed by atoms with Crippen molar-refractivity contribution in [1.82, 2.24) is 0 Å². The highest BCUT2D eigenvalue weighted by molar-refractivity contribution is 5.91. The highest BCUT2D eigenvalue weighted by Crippen LogP contribution is 2.05. The van der Waals surface area contributed by atoms with E-state index in [1.165, 1.54) is 6.08 Å². The number of hydrogen-bond donors (Lipinski definition) is 2. The van der Waals surface area contributed by atoms with Gasteiger partial charge in [0.25, 0.3) is 0 Å². The SMILES string of the molecule is NC(=Cc1ccc(C=O)cc1)C(=O)O. The number of carbonyl (C=O) groups is 2. The summed E-state index contributed by atoms with van der Waals surface area (Å²) in [5, 5.41) is 8.49. The van der Waals surface area contributed by atoms with Crippen molar-refractivity contribution in [1.29, 1.82) is 0 Å². The van der Waals surface area contributed by atoms with Gasteiger partial charge in [0.2, 0.25) is 0 Å². The molecule has 0 aliphatic carbocycles. The summed E-state index contributed by atoms with van der Waals surface area (Å²) in [5.74, 6) is -1.16. The van der Waals surface area contributed by atoms with Crippen LogP contribution in [0.25, 0.3) is 6.08 Å². The van der Waals surface area contributed by atoms with Crippen molar-refractivity contribution < 1.29 is 14.7 Å². The third-order valence-electron chi connectivity index (χ3n) is 1.64. The fraction of sp³-hybridized carbons (Fsp3) is 0. The first-order valence-corrected chi connectivity index (χ1v) is 3.89. The average Bonchev–Trinajstić information content (AvgIpc) is 2.19. The molecule has 0 saturated heterocycles. The molecule has 4 heteroatoms. The molecule has 0 amide bonds. The van der Waals surface area contributed by atoms with E-state index in [4.69, 9.17) is 10.8 Å². The normalized spacial score (nSPS) is 11.0. The molecule has 0 spiro atoms. The van der Waals surface area contributed by atoms with E-state index in [-0.39, 0.29) is 5.70 Å². The van der Waals surface area contributed by atoms with Crippen molar-refractivity contribution in [2.45, 2.75) is 0 Å². The number of carboxylic acids is 1. The Bertz CT molecular complexity index is 379. The van der Waals surface area contributed by atoms with Gasteiger partial charge in [0.05, 0.1) is 0 Å². The summed E-state index contributed by atoms with van der Waals surface area (Å²) in [6, 6.07) is 6.43. The Labute approximate surface area is 80.7 Å². The monoisotopic (exact) mass is 191 g/mol. The Morgan fingerprint density at radius 2 is 1.71 bits per heavy atom. The van der Waals surface area contributed by atoms with Crippen molar-refractivity contribution in [3.63, 3.8) is 0 Å². The molecular formula is C10H9NO3. The summed E-state index contributed by atoms with van der Waals surface area (Å²) in [7, 11) is 0. The zero-order valence-electron chi connectivity index (χ0n) is 7.31. The van der Waals surface area contributed by atoms with Gasteiger partial charge in [0.1, 0.15) is 12.0 Å². The lowest BCUT2D eigenvalue weighted by Gasteiger charge is -1.95. The van der Waals surface area contributed by atoms with Crippen LogP contribution in [0.15, 0.2) is 30.0 Å². The maximum Gasteiger partial charge on any atom is 0.351 e. The topological polar surface area (TPSA) is 80.4 Å². The second-order valence-corrected chi connectivity index (χ2v) is 2.69. The first-order valence-electron chi connectivity index (χ1n) is 3.89. The van der Waals surface area contributed by atoms with Gasteiger partial charge in [-0.25, -0.2) is 4.79 Å². The van der Waals surface area contributed by atoms with Crippen molar-refractivity contribution >= 4 is 18.3 Å². The van der Waals surface area contributed by atoms with Crippen molar-refractivity contribution in [3.05, 3.63) is 41.1 Å². The lowest BCUT2D eigenvalue weighted by Crippen LogP contribution is -2.09. The number of carbonyl (C=O) groups excluding carboxylic acids is 1. The van der Waals surface area contributed by atoms with Crippen molar-refractivity contribution in [2.75, 3.05) is 0 Å². The van der Waals surface area contributed by atoms with E-state index in [1.54, 1.807) is 24.3 Å². The van der Waals surface area contributed by atoms with E-state index in [9.17, 15) is 9.59 Å². The van der Waals surface area contributed by atoms with Crippen molar-refractivity contribution in [3.8, 4) is 0 Å². The summed E-state index contributed by atoms with van der Waals surface area (Å²) in [6.07, 6.45) is 2.05. The molecule has 1 rings (SSSR count). The quantitative estimate of drug-likeness (QED) is 0.549. The lowest BCUT2D eigenvalue weighted by atomic mass is 10.1. The van der Waals surface area contributed by atoms with Crippen molar-refractivity contribution in [2.24, 2.45) is 5.73 Å². The highest BCUT2D eigenvalue weighted by atomic mass is 16.4. The van der Waals surface area contributed by atoms with Crippen LogP contribution in [0.2, 0.25) is 0 Å². The number of hydrogen-bond acceptors (Lipinski definition) is 3. The van der Waals surface area contributed by atoms with Crippen LogP contribution >= 0.6 is 0 Å². The molecule has 0 heterocycles. The largest absolute Gasteiger partial charge is 0.477 e. The van der Waals surface area contributed by atoms with Gasteiger partial charge in [-0.1, -0.05) is 24.3 Å². The molecule has 0 bridgehead atoms. The average molecular weight is 191 g/mol. The van der Waals surface area contributed by atoms with E-state index in [0.717, 1.165) is 0 Å². The molecule has 0 fully saturated rings. The Hall–Kier alpha value is -2.10. The standard InChI is InChI=1S/C10H9NO3/c11-9(10(13)14)5-7-1-3-8(6-12)4-2-7/h1-6H,11H2,(H,13,14). The van der Waals surface area contributed by atoms with Crippen LogP contribution in [-0.4, -0.2) is 17.4 Å². The minimum absolute atomic E-state index is 0.233. The lowest BCUT2D eigenvalue weighted by molar-refractivity contribution is -0.132. The summed E-state index contributed by atoms with van der Waals surface area (Å²) in [4.78, 5) is 20.7. The van der Waals surface area contributed by atoms with Crippen LogP contribution in [0.1, 0.15) is 15.9 Å². The Morgan fingerprint density at radius 1 is 1.21 bits per heavy atom. The maximum atomic E-state index is 10.4. The van der Waals surface area contributed by atoms with Gasteiger partial charge in [0.15, 0.2) is 0 Å². The number of aliphatic carboxylic acids is 1. The van der Waals surface area contributed by atoms with Gasteiger partial charge in [-0.15, -0.1) is 0 Å². The second kappa shape index (κ2) is 4.23. The molecule has 72 valence electrons. The number of carboxylic acid groups (broad SMARTS) is 1. The van der Waals surface area contributed by atoms with Crippen LogP contribution in [0, 0.1) is 0 Å². The number of rotatable bonds is 3. The third-order valence-corrected chi connectivity index (χ3v) is 1.64. The van der Waals surface area contributed by atoms with Crippen LogP contribution in [0.5, 0.6) is 0 Å². The van der Waals surface area contributed by atoms with Gasteiger partial charge >= 0.3 is 5.97 Å². The Kier molecular flexibility index (Phi) is 3.01. The van der Waals surface area contributed by atoms with Gasteiger partial charge in [-0.05, 0) is 11.6 Å². The molecule has 0 atom stereocenters. The minimum Gasteiger partial charge on any atom is -0.477 e. The summed E-state index contributed by atoms with van der Waals surface area (Å²) >= 11 is 0. The Balaban J connectivity index is 2.93. The fourth-order valence-corrected chi connectivity index (χ4v) is 0.912. The van der Waals surface area contributed by atoms with Gasteiger partial charge < -0.3 is 10.8 Å². The van der Waals surface area contributed by atoms with E-state index >= 15 is 0 Å². The number of benzene rings is 1. The first kappa shape index (κ1) is 9.98.